The zero-order valence-corrected chi connectivity index (χ0v) is 11.3. The summed E-state index contributed by atoms with van der Waals surface area (Å²) in [4.78, 5) is 4.41. The highest BCUT2D eigenvalue weighted by Crippen LogP contribution is 2.28. The van der Waals surface area contributed by atoms with Crippen LogP contribution in [0.25, 0.3) is 10.8 Å². The smallest absolute Gasteiger partial charge is 0.134 e. The Morgan fingerprint density at radius 1 is 1.21 bits per heavy atom. The Balaban J connectivity index is 2.17. The van der Waals surface area contributed by atoms with Gasteiger partial charge in [-0.05, 0) is 43.9 Å². The SMILES string of the molecule is Cc1ccc(N)c2ccnc(NCCCCCO)c12. The monoisotopic (exact) mass is 259 g/mol. The molecule has 0 saturated carbocycles. The van der Waals surface area contributed by atoms with Crippen molar-refractivity contribution in [1.29, 1.82) is 0 Å². The van der Waals surface area contributed by atoms with Gasteiger partial charge < -0.3 is 16.2 Å². The molecule has 0 radical (unpaired) electrons. The van der Waals surface area contributed by atoms with E-state index >= 15 is 0 Å². The third kappa shape index (κ3) is 3.15. The van der Waals surface area contributed by atoms with Crippen molar-refractivity contribution < 1.29 is 5.11 Å². The number of benzene rings is 1. The van der Waals surface area contributed by atoms with E-state index in [0.29, 0.717) is 0 Å². The predicted molar refractivity (Wildman–Crippen MR) is 80.3 cm³/mol. The van der Waals surface area contributed by atoms with Crippen LogP contribution in [0.1, 0.15) is 24.8 Å². The molecule has 4 nitrogen and oxygen atoms in total. The standard InChI is InChI=1S/C15H21N3O/c1-11-5-6-13(16)12-7-9-18-15(14(11)12)17-8-3-2-4-10-19/h5-7,9,19H,2-4,8,10,16H2,1H3,(H,17,18). The van der Waals surface area contributed by atoms with Crippen molar-refractivity contribution in [2.75, 3.05) is 24.2 Å². The minimum absolute atomic E-state index is 0.266. The number of aliphatic hydroxyl groups is 1. The summed E-state index contributed by atoms with van der Waals surface area (Å²) >= 11 is 0. The second kappa shape index (κ2) is 6.38. The van der Waals surface area contributed by atoms with Gasteiger partial charge >= 0.3 is 0 Å². The third-order valence-corrected chi connectivity index (χ3v) is 3.30. The number of anilines is 2. The van der Waals surface area contributed by atoms with Gasteiger partial charge in [0.25, 0.3) is 0 Å². The van der Waals surface area contributed by atoms with Crippen LogP contribution < -0.4 is 11.1 Å². The summed E-state index contributed by atoms with van der Waals surface area (Å²) in [6, 6.07) is 5.91. The lowest BCUT2D eigenvalue weighted by atomic mass is 10.1. The number of hydrogen-bond donors (Lipinski definition) is 3. The average Bonchev–Trinajstić information content (AvgIpc) is 2.43. The number of nitrogen functional groups attached to an aromatic ring is 1. The van der Waals surface area contributed by atoms with Gasteiger partial charge in [-0.25, -0.2) is 4.98 Å². The fourth-order valence-electron chi connectivity index (χ4n) is 2.24. The van der Waals surface area contributed by atoms with Crippen LogP contribution in [0, 0.1) is 6.92 Å². The van der Waals surface area contributed by atoms with Gasteiger partial charge in [0.1, 0.15) is 5.82 Å². The maximum absolute atomic E-state index is 8.74. The molecule has 0 saturated heterocycles. The topological polar surface area (TPSA) is 71.2 Å². The number of rotatable bonds is 6. The van der Waals surface area contributed by atoms with E-state index in [1.807, 2.05) is 18.2 Å². The van der Waals surface area contributed by atoms with Gasteiger partial charge in [-0.15, -0.1) is 0 Å². The van der Waals surface area contributed by atoms with E-state index in [1.54, 1.807) is 6.20 Å². The van der Waals surface area contributed by atoms with Gasteiger partial charge in [-0.3, -0.25) is 0 Å². The van der Waals surface area contributed by atoms with Crippen LogP contribution in [0.3, 0.4) is 0 Å². The number of aliphatic hydroxyl groups excluding tert-OH is 1. The van der Waals surface area contributed by atoms with Crippen LogP contribution >= 0.6 is 0 Å². The molecule has 2 aromatic rings. The first kappa shape index (κ1) is 13.6. The normalized spacial score (nSPS) is 10.8. The molecule has 102 valence electrons. The Hall–Kier alpha value is -1.81. The number of unbranched alkanes of at least 4 members (excludes halogenated alkanes) is 2. The fourth-order valence-corrected chi connectivity index (χ4v) is 2.24. The highest BCUT2D eigenvalue weighted by molar-refractivity contribution is 6.01. The van der Waals surface area contributed by atoms with Crippen molar-refractivity contribution in [2.45, 2.75) is 26.2 Å². The van der Waals surface area contributed by atoms with E-state index in [2.05, 4.69) is 17.2 Å². The van der Waals surface area contributed by atoms with Crippen LogP contribution in [0.2, 0.25) is 0 Å². The summed E-state index contributed by atoms with van der Waals surface area (Å²) in [7, 11) is 0. The van der Waals surface area contributed by atoms with Gasteiger partial charge in [0.05, 0.1) is 0 Å². The van der Waals surface area contributed by atoms with E-state index in [9.17, 15) is 0 Å². The van der Waals surface area contributed by atoms with Crippen LogP contribution in [0.15, 0.2) is 24.4 Å². The Bertz CT molecular complexity index is 554. The van der Waals surface area contributed by atoms with Gasteiger partial charge in [0, 0.05) is 35.8 Å². The van der Waals surface area contributed by atoms with Gasteiger partial charge in [-0.1, -0.05) is 6.07 Å². The molecule has 0 aliphatic carbocycles. The van der Waals surface area contributed by atoms with Gasteiger partial charge in [0.2, 0.25) is 0 Å². The molecule has 4 heteroatoms. The summed E-state index contributed by atoms with van der Waals surface area (Å²) in [6.45, 7) is 3.20. The van der Waals surface area contributed by atoms with Gasteiger partial charge in [-0.2, -0.15) is 0 Å². The quantitative estimate of drug-likeness (QED) is 0.551. The summed E-state index contributed by atoms with van der Waals surface area (Å²) < 4.78 is 0. The molecule has 1 aromatic carbocycles. The number of nitrogens with one attached hydrogen (secondary N) is 1. The molecular formula is C15H21N3O. The van der Waals surface area contributed by atoms with Crippen LogP contribution in [-0.4, -0.2) is 23.2 Å². The van der Waals surface area contributed by atoms with Crippen LogP contribution in [0.4, 0.5) is 11.5 Å². The molecule has 0 fully saturated rings. The van der Waals surface area contributed by atoms with E-state index in [-0.39, 0.29) is 6.61 Å². The highest BCUT2D eigenvalue weighted by Gasteiger charge is 2.07. The molecule has 0 aliphatic rings. The molecule has 0 unspecified atom stereocenters. The van der Waals surface area contributed by atoms with Crippen molar-refractivity contribution >= 4 is 22.3 Å². The zero-order chi connectivity index (χ0) is 13.7. The second-order valence-corrected chi connectivity index (χ2v) is 4.76. The van der Waals surface area contributed by atoms with Crippen molar-refractivity contribution in [1.82, 2.24) is 4.98 Å². The van der Waals surface area contributed by atoms with Gasteiger partial charge in [0.15, 0.2) is 0 Å². The molecule has 0 amide bonds. The first-order chi connectivity index (χ1) is 9.24. The van der Waals surface area contributed by atoms with E-state index in [0.717, 1.165) is 48.1 Å². The maximum Gasteiger partial charge on any atom is 0.134 e. The minimum Gasteiger partial charge on any atom is -0.398 e. The minimum atomic E-state index is 0.266. The number of nitrogens with two attached hydrogens (primary N) is 1. The first-order valence-corrected chi connectivity index (χ1v) is 6.72. The van der Waals surface area contributed by atoms with Crippen molar-refractivity contribution in [3.8, 4) is 0 Å². The largest absolute Gasteiger partial charge is 0.398 e. The summed E-state index contributed by atoms with van der Waals surface area (Å²) in [5.74, 6) is 0.895. The van der Waals surface area contributed by atoms with E-state index in [4.69, 9.17) is 10.8 Å². The molecule has 1 aromatic heterocycles. The molecule has 0 aliphatic heterocycles. The molecule has 0 bridgehead atoms. The Labute approximate surface area is 113 Å². The lowest BCUT2D eigenvalue weighted by Crippen LogP contribution is -2.05. The highest BCUT2D eigenvalue weighted by atomic mass is 16.2. The predicted octanol–water partition coefficient (Wildman–Crippen LogP) is 2.70. The molecule has 1 heterocycles. The Kier molecular flexibility index (Phi) is 4.58. The second-order valence-electron chi connectivity index (χ2n) is 4.76. The van der Waals surface area contributed by atoms with Crippen molar-refractivity contribution in [2.24, 2.45) is 0 Å². The number of pyridine rings is 1. The van der Waals surface area contributed by atoms with Crippen LogP contribution in [-0.2, 0) is 0 Å². The van der Waals surface area contributed by atoms with Crippen molar-refractivity contribution in [3.63, 3.8) is 0 Å². The average molecular weight is 259 g/mol. The lowest BCUT2D eigenvalue weighted by molar-refractivity contribution is 0.283. The number of fused-ring (bicyclic) bond motifs is 1. The molecule has 2 rings (SSSR count). The Morgan fingerprint density at radius 2 is 2.05 bits per heavy atom. The van der Waals surface area contributed by atoms with Crippen molar-refractivity contribution in [3.05, 3.63) is 30.0 Å². The molecule has 0 spiro atoms. The summed E-state index contributed by atoms with van der Waals surface area (Å²) in [5.41, 5.74) is 7.96. The zero-order valence-electron chi connectivity index (χ0n) is 11.3. The molecule has 19 heavy (non-hydrogen) atoms. The number of aryl methyl sites for hydroxylation is 1. The van der Waals surface area contributed by atoms with E-state index < -0.39 is 0 Å². The first-order valence-electron chi connectivity index (χ1n) is 6.72. The number of nitrogens with zero attached hydrogens (tertiary/aromatic N) is 1. The summed E-state index contributed by atoms with van der Waals surface area (Å²) in [6.07, 6.45) is 4.69. The Morgan fingerprint density at radius 3 is 2.84 bits per heavy atom. The third-order valence-electron chi connectivity index (χ3n) is 3.30. The number of aromatic nitrogens is 1. The molecular weight excluding hydrogens is 238 g/mol. The van der Waals surface area contributed by atoms with Crippen LogP contribution in [0.5, 0.6) is 0 Å². The maximum atomic E-state index is 8.74. The molecule has 4 N–H and O–H groups in total. The molecule has 0 atom stereocenters. The van der Waals surface area contributed by atoms with E-state index in [1.165, 1.54) is 5.56 Å². The lowest BCUT2D eigenvalue weighted by Gasteiger charge is -2.12. The summed E-state index contributed by atoms with van der Waals surface area (Å²) in [5, 5.41) is 14.3. The fraction of sp³-hybridized carbons (Fsp3) is 0.400. The number of hydrogen-bond acceptors (Lipinski definition) is 4.